The van der Waals surface area contributed by atoms with Gasteiger partial charge in [0, 0.05) is 6.20 Å². The fourth-order valence-electron chi connectivity index (χ4n) is 0.775. The van der Waals surface area contributed by atoms with Crippen molar-refractivity contribution < 1.29 is 14.3 Å². The summed E-state index contributed by atoms with van der Waals surface area (Å²) < 4.78 is 13.2. The van der Waals surface area contributed by atoms with E-state index in [4.69, 9.17) is 0 Å². The van der Waals surface area contributed by atoms with Crippen molar-refractivity contribution in [2.75, 3.05) is 0 Å². The van der Waals surface area contributed by atoms with E-state index < -0.39 is 11.8 Å². The average molecular weight is 203 g/mol. The number of alkyl halides is 1. The van der Waals surface area contributed by atoms with Crippen LogP contribution in [-0.2, 0) is 0 Å². The molecule has 0 saturated carbocycles. The molecule has 1 aromatic heterocycles. The summed E-state index contributed by atoms with van der Waals surface area (Å²) in [6.45, 7) is 2.53. The molecule has 1 rings (SSSR count). The van der Waals surface area contributed by atoms with Crippen molar-refractivity contribution in [3.8, 4) is 0 Å². The molecule has 0 aliphatic heterocycles. The quantitative estimate of drug-likeness (QED) is 0.761. The summed E-state index contributed by atoms with van der Waals surface area (Å²) in [7, 11) is 0. The maximum absolute atomic E-state index is 13.2. The molecule has 0 radical (unpaired) electrons. The minimum absolute atomic E-state index is 0.231. The Labute approximate surface area is 79.2 Å². The van der Waals surface area contributed by atoms with Crippen molar-refractivity contribution in [1.82, 2.24) is 4.98 Å². The normalized spacial score (nSPS) is 14.2. The zero-order valence-corrected chi connectivity index (χ0v) is 8.14. The van der Waals surface area contributed by atoms with Crippen LogP contribution in [0, 0.1) is 0 Å². The number of aldehydes is 1. The number of hydrogen-bond donors (Lipinski definition) is 1. The third kappa shape index (κ3) is 2.32. The van der Waals surface area contributed by atoms with Gasteiger partial charge in [0.15, 0.2) is 6.29 Å². The van der Waals surface area contributed by atoms with Crippen molar-refractivity contribution in [2.24, 2.45) is 0 Å². The molecular weight excluding hydrogens is 193 g/mol. The second kappa shape index (κ2) is 3.51. The Hall–Kier alpha value is -0.810. The van der Waals surface area contributed by atoms with Gasteiger partial charge in [-0.1, -0.05) is 0 Å². The third-order valence-corrected chi connectivity index (χ3v) is 2.52. The molecule has 0 aromatic carbocycles. The molecule has 0 aliphatic rings. The van der Waals surface area contributed by atoms with E-state index in [9.17, 15) is 14.3 Å². The SMILES string of the molecule is CC(C)(F)C(O)c1ncc(C=O)s1. The van der Waals surface area contributed by atoms with Gasteiger partial charge in [-0.05, 0) is 13.8 Å². The Morgan fingerprint density at radius 3 is 2.77 bits per heavy atom. The van der Waals surface area contributed by atoms with E-state index in [2.05, 4.69) is 4.98 Å². The van der Waals surface area contributed by atoms with Crippen molar-refractivity contribution in [2.45, 2.75) is 25.6 Å². The van der Waals surface area contributed by atoms with Gasteiger partial charge in [0.1, 0.15) is 16.8 Å². The Morgan fingerprint density at radius 2 is 2.38 bits per heavy atom. The fraction of sp³-hybridized carbons (Fsp3) is 0.500. The summed E-state index contributed by atoms with van der Waals surface area (Å²) in [5.41, 5.74) is -1.74. The zero-order valence-electron chi connectivity index (χ0n) is 7.32. The highest BCUT2D eigenvalue weighted by Crippen LogP contribution is 2.30. The molecule has 0 saturated heterocycles. The van der Waals surface area contributed by atoms with Crippen LogP contribution in [-0.4, -0.2) is 22.0 Å². The number of rotatable bonds is 3. The molecule has 1 atom stereocenters. The molecule has 13 heavy (non-hydrogen) atoms. The highest BCUT2D eigenvalue weighted by atomic mass is 32.1. The van der Waals surface area contributed by atoms with Crippen molar-refractivity contribution in [3.05, 3.63) is 16.1 Å². The minimum Gasteiger partial charge on any atom is -0.383 e. The second-order valence-corrected chi connectivity index (χ2v) is 4.28. The summed E-state index contributed by atoms with van der Waals surface area (Å²) in [6.07, 6.45) is 0.673. The van der Waals surface area contributed by atoms with Gasteiger partial charge >= 0.3 is 0 Å². The minimum atomic E-state index is -1.74. The molecule has 0 bridgehead atoms. The van der Waals surface area contributed by atoms with Gasteiger partial charge in [0.2, 0.25) is 0 Å². The molecule has 0 aliphatic carbocycles. The van der Waals surface area contributed by atoms with Crippen LogP contribution >= 0.6 is 11.3 Å². The average Bonchev–Trinajstić information content (AvgIpc) is 2.48. The first-order valence-electron chi connectivity index (χ1n) is 3.73. The highest BCUT2D eigenvalue weighted by Gasteiger charge is 2.30. The third-order valence-electron chi connectivity index (χ3n) is 1.54. The number of hydrogen-bond acceptors (Lipinski definition) is 4. The Bertz CT molecular complexity index is 305. The monoisotopic (exact) mass is 203 g/mol. The van der Waals surface area contributed by atoms with E-state index >= 15 is 0 Å². The van der Waals surface area contributed by atoms with Gasteiger partial charge < -0.3 is 5.11 Å². The van der Waals surface area contributed by atoms with Crippen molar-refractivity contribution in [1.29, 1.82) is 0 Å². The van der Waals surface area contributed by atoms with Crippen LogP contribution in [0.1, 0.15) is 34.6 Å². The zero-order chi connectivity index (χ0) is 10.1. The molecule has 5 heteroatoms. The summed E-state index contributed by atoms with van der Waals surface area (Å²) in [4.78, 5) is 14.4. The van der Waals surface area contributed by atoms with Crippen LogP contribution in [0.4, 0.5) is 4.39 Å². The van der Waals surface area contributed by atoms with E-state index in [-0.39, 0.29) is 5.01 Å². The highest BCUT2D eigenvalue weighted by molar-refractivity contribution is 7.13. The van der Waals surface area contributed by atoms with E-state index in [1.807, 2.05) is 0 Å². The molecule has 72 valence electrons. The number of nitrogens with zero attached hydrogens (tertiary/aromatic N) is 1. The summed E-state index contributed by atoms with van der Waals surface area (Å²) in [5.74, 6) is 0. The predicted octanol–water partition coefficient (Wildman–Crippen LogP) is 1.74. The van der Waals surface area contributed by atoms with Crippen molar-refractivity contribution in [3.63, 3.8) is 0 Å². The molecule has 1 N–H and O–H groups in total. The largest absolute Gasteiger partial charge is 0.383 e. The van der Waals surface area contributed by atoms with Gasteiger partial charge in [0.25, 0.3) is 0 Å². The second-order valence-electron chi connectivity index (χ2n) is 3.19. The molecule has 1 heterocycles. The summed E-state index contributed by atoms with van der Waals surface area (Å²) in [5, 5.41) is 9.65. The number of thiazole rings is 1. The van der Waals surface area contributed by atoms with Gasteiger partial charge in [-0.15, -0.1) is 11.3 Å². The van der Waals surface area contributed by atoms with E-state index in [1.165, 1.54) is 20.0 Å². The Morgan fingerprint density at radius 1 is 1.77 bits per heavy atom. The van der Waals surface area contributed by atoms with E-state index in [0.29, 0.717) is 11.2 Å². The number of aliphatic hydroxyl groups excluding tert-OH is 1. The lowest BCUT2D eigenvalue weighted by Crippen LogP contribution is -2.23. The Balaban J connectivity index is 2.89. The lowest BCUT2D eigenvalue weighted by Gasteiger charge is -2.19. The van der Waals surface area contributed by atoms with Gasteiger partial charge in [-0.2, -0.15) is 0 Å². The Kier molecular flexibility index (Phi) is 2.77. The van der Waals surface area contributed by atoms with Gasteiger partial charge in [0.05, 0.1) is 4.88 Å². The summed E-state index contributed by atoms with van der Waals surface area (Å²) in [6, 6.07) is 0. The van der Waals surface area contributed by atoms with Crippen molar-refractivity contribution >= 4 is 17.6 Å². The van der Waals surface area contributed by atoms with Crippen LogP contribution in [0.3, 0.4) is 0 Å². The smallest absolute Gasteiger partial charge is 0.161 e. The molecule has 3 nitrogen and oxygen atoms in total. The van der Waals surface area contributed by atoms with Crippen LogP contribution in [0.5, 0.6) is 0 Å². The van der Waals surface area contributed by atoms with Gasteiger partial charge in [-0.3, -0.25) is 4.79 Å². The molecule has 1 aromatic rings. The van der Waals surface area contributed by atoms with Crippen LogP contribution < -0.4 is 0 Å². The maximum Gasteiger partial charge on any atom is 0.161 e. The molecular formula is C8H10FNO2S. The van der Waals surface area contributed by atoms with E-state index in [0.717, 1.165) is 11.3 Å². The first-order chi connectivity index (χ1) is 5.95. The first kappa shape index (κ1) is 10.3. The molecule has 0 fully saturated rings. The van der Waals surface area contributed by atoms with Gasteiger partial charge in [-0.25, -0.2) is 9.37 Å². The van der Waals surface area contributed by atoms with Crippen LogP contribution in [0.2, 0.25) is 0 Å². The topological polar surface area (TPSA) is 50.2 Å². The van der Waals surface area contributed by atoms with Crippen LogP contribution in [0.15, 0.2) is 6.20 Å². The van der Waals surface area contributed by atoms with E-state index in [1.54, 1.807) is 0 Å². The fourth-order valence-corrected chi connectivity index (χ4v) is 1.67. The molecule has 1 unspecified atom stereocenters. The number of halogens is 1. The van der Waals surface area contributed by atoms with Crippen LogP contribution in [0.25, 0.3) is 0 Å². The molecule has 0 spiro atoms. The summed E-state index contributed by atoms with van der Waals surface area (Å²) >= 11 is 0.999. The number of carbonyl (C=O) groups is 1. The number of aromatic nitrogens is 1. The number of aliphatic hydroxyl groups is 1. The standard InChI is InChI=1S/C8H10FNO2S/c1-8(2,9)6(12)7-10-3-5(4-11)13-7/h3-4,6,12H,1-2H3. The number of carbonyl (C=O) groups excluding carboxylic acids is 1. The lowest BCUT2D eigenvalue weighted by atomic mass is 10.1. The maximum atomic E-state index is 13.2. The first-order valence-corrected chi connectivity index (χ1v) is 4.54. The molecule has 0 amide bonds. The predicted molar refractivity (Wildman–Crippen MR) is 47.6 cm³/mol. The lowest BCUT2D eigenvalue weighted by molar-refractivity contribution is 0.0160.